The molecule has 0 heterocycles. The van der Waals surface area contributed by atoms with Gasteiger partial charge in [-0.15, -0.1) is 0 Å². The molecule has 0 aliphatic rings. The van der Waals surface area contributed by atoms with Gasteiger partial charge in [-0.25, -0.2) is 0 Å². The molecule has 1 atom stereocenters. The van der Waals surface area contributed by atoms with Gasteiger partial charge in [0.25, 0.3) is 0 Å². The number of nitrogens with one attached hydrogen (secondary N) is 1. The van der Waals surface area contributed by atoms with Gasteiger partial charge >= 0.3 is 0 Å². The summed E-state index contributed by atoms with van der Waals surface area (Å²) in [7, 11) is 0. The highest BCUT2D eigenvalue weighted by Gasteiger charge is 2.30. The summed E-state index contributed by atoms with van der Waals surface area (Å²) in [6, 6.07) is 22.0. The van der Waals surface area contributed by atoms with Gasteiger partial charge in [0, 0.05) is 41.5 Å². The van der Waals surface area contributed by atoms with Gasteiger partial charge in [-0.3, -0.25) is 9.59 Å². The quantitative estimate of drug-likeness (QED) is 0.284. The van der Waals surface area contributed by atoms with Crippen LogP contribution in [0, 0.1) is 6.92 Å². The lowest BCUT2D eigenvalue weighted by Crippen LogP contribution is -2.50. The minimum Gasteiger partial charge on any atom is -0.494 e. The molecule has 0 spiro atoms. The lowest BCUT2D eigenvalue weighted by atomic mass is 10.0. The van der Waals surface area contributed by atoms with E-state index in [1.165, 1.54) is 0 Å². The van der Waals surface area contributed by atoms with Crippen LogP contribution in [0.15, 0.2) is 72.8 Å². The first-order valence-electron chi connectivity index (χ1n) is 12.1. The Labute approximate surface area is 223 Å². The summed E-state index contributed by atoms with van der Waals surface area (Å²) in [5, 5.41) is 3.80. The zero-order valence-corrected chi connectivity index (χ0v) is 22.2. The van der Waals surface area contributed by atoms with Crippen LogP contribution in [0.1, 0.15) is 36.5 Å². The second-order valence-corrected chi connectivity index (χ2v) is 9.40. The fraction of sp³-hybridized carbons (Fsp3) is 0.310. The van der Waals surface area contributed by atoms with E-state index >= 15 is 0 Å². The van der Waals surface area contributed by atoms with Gasteiger partial charge in [-0.05, 0) is 50.1 Å². The van der Waals surface area contributed by atoms with Gasteiger partial charge in [0.2, 0.25) is 11.8 Å². The SMILES string of the molecule is CCNC(=O)[C@@H](Cc1ccccc1)N(Cc1c(Cl)cccc1Cl)C(=O)CCCOc1ccc(C)cc1. The maximum atomic E-state index is 13.6. The third kappa shape index (κ3) is 8.00. The standard InChI is InChI=1S/C29H32Cl2N2O3/c1-3-32-29(35)27(19-22-9-5-4-6-10-22)33(20-24-25(30)11-7-12-26(24)31)28(34)13-8-18-36-23-16-14-21(2)15-17-23/h4-7,9-12,14-17,27H,3,8,13,18-20H2,1-2H3,(H,32,35)/t27-/m1/s1. The van der Waals surface area contributed by atoms with Gasteiger partial charge < -0.3 is 15.0 Å². The number of amides is 2. The number of ether oxygens (including phenoxy) is 1. The Morgan fingerprint density at radius 3 is 2.25 bits per heavy atom. The second-order valence-electron chi connectivity index (χ2n) is 8.59. The number of carbonyl (C=O) groups excluding carboxylic acids is 2. The fourth-order valence-electron chi connectivity index (χ4n) is 3.89. The molecule has 3 aromatic carbocycles. The van der Waals surface area contributed by atoms with E-state index in [-0.39, 0.29) is 24.8 Å². The molecule has 7 heteroatoms. The first kappa shape index (κ1) is 27.6. The van der Waals surface area contributed by atoms with Gasteiger partial charge in [0.15, 0.2) is 0 Å². The van der Waals surface area contributed by atoms with Crippen molar-refractivity contribution < 1.29 is 14.3 Å². The highest BCUT2D eigenvalue weighted by atomic mass is 35.5. The first-order chi connectivity index (χ1) is 17.4. The zero-order chi connectivity index (χ0) is 25.9. The van der Waals surface area contributed by atoms with Crippen molar-refractivity contribution in [1.29, 1.82) is 0 Å². The van der Waals surface area contributed by atoms with Crippen molar-refractivity contribution in [2.45, 2.75) is 45.7 Å². The Hall–Kier alpha value is -3.02. The molecule has 0 saturated carbocycles. The zero-order valence-electron chi connectivity index (χ0n) is 20.7. The van der Waals surface area contributed by atoms with Crippen molar-refractivity contribution in [2.75, 3.05) is 13.2 Å². The van der Waals surface area contributed by atoms with Crippen LogP contribution in [0.25, 0.3) is 0 Å². The Kier molecular flexibility index (Phi) is 10.6. The van der Waals surface area contributed by atoms with E-state index in [0.717, 1.165) is 16.9 Å². The lowest BCUT2D eigenvalue weighted by Gasteiger charge is -2.32. The number of nitrogens with zero attached hydrogens (tertiary/aromatic N) is 1. The van der Waals surface area contributed by atoms with Crippen LogP contribution in [0.5, 0.6) is 5.75 Å². The molecule has 0 unspecified atom stereocenters. The van der Waals surface area contributed by atoms with Crippen molar-refractivity contribution in [3.63, 3.8) is 0 Å². The molecule has 0 radical (unpaired) electrons. The predicted octanol–water partition coefficient (Wildman–Crippen LogP) is 6.24. The summed E-state index contributed by atoms with van der Waals surface area (Å²) in [4.78, 5) is 28.4. The average Bonchev–Trinajstić information content (AvgIpc) is 2.87. The summed E-state index contributed by atoms with van der Waals surface area (Å²) in [5.41, 5.74) is 2.73. The van der Waals surface area contributed by atoms with E-state index in [4.69, 9.17) is 27.9 Å². The average molecular weight is 527 g/mol. The molecule has 2 amide bonds. The molecule has 0 aliphatic heterocycles. The van der Waals surface area contributed by atoms with Crippen LogP contribution in [-0.2, 0) is 22.6 Å². The highest BCUT2D eigenvalue weighted by molar-refractivity contribution is 6.36. The Bertz CT molecular complexity index is 1120. The highest BCUT2D eigenvalue weighted by Crippen LogP contribution is 2.27. The fourth-order valence-corrected chi connectivity index (χ4v) is 4.41. The van der Waals surface area contributed by atoms with Crippen LogP contribution < -0.4 is 10.1 Å². The van der Waals surface area contributed by atoms with Crippen LogP contribution in [0.4, 0.5) is 0 Å². The number of likely N-dealkylation sites (N-methyl/N-ethyl adjacent to an activating group) is 1. The summed E-state index contributed by atoms with van der Waals surface area (Å²) in [6.07, 6.45) is 1.10. The molecule has 0 bridgehead atoms. The molecule has 0 aliphatic carbocycles. The number of hydrogen-bond donors (Lipinski definition) is 1. The molecule has 0 aromatic heterocycles. The minimum absolute atomic E-state index is 0.130. The van der Waals surface area contributed by atoms with Gasteiger partial charge in [0.1, 0.15) is 11.8 Å². The van der Waals surface area contributed by atoms with Crippen LogP contribution in [0.2, 0.25) is 10.0 Å². The van der Waals surface area contributed by atoms with Crippen molar-refractivity contribution in [3.8, 4) is 5.75 Å². The summed E-state index contributed by atoms with van der Waals surface area (Å²) < 4.78 is 5.80. The van der Waals surface area contributed by atoms with Crippen molar-refractivity contribution in [1.82, 2.24) is 10.2 Å². The second kappa shape index (κ2) is 13.9. The summed E-state index contributed by atoms with van der Waals surface area (Å²) >= 11 is 12.9. The van der Waals surface area contributed by atoms with E-state index in [0.29, 0.717) is 41.6 Å². The Morgan fingerprint density at radius 2 is 1.61 bits per heavy atom. The predicted molar refractivity (Wildman–Crippen MR) is 146 cm³/mol. The van der Waals surface area contributed by atoms with Gasteiger partial charge in [-0.1, -0.05) is 77.3 Å². The molecular formula is C29H32Cl2N2O3. The topological polar surface area (TPSA) is 58.6 Å². The minimum atomic E-state index is -0.717. The number of rotatable bonds is 12. The van der Waals surface area contributed by atoms with E-state index < -0.39 is 6.04 Å². The molecular weight excluding hydrogens is 495 g/mol. The molecule has 1 N–H and O–H groups in total. The molecule has 36 heavy (non-hydrogen) atoms. The molecule has 0 fully saturated rings. The number of halogens is 2. The number of benzene rings is 3. The molecule has 5 nitrogen and oxygen atoms in total. The molecule has 190 valence electrons. The lowest BCUT2D eigenvalue weighted by molar-refractivity contribution is -0.141. The van der Waals surface area contributed by atoms with E-state index in [1.54, 1.807) is 23.1 Å². The van der Waals surface area contributed by atoms with Crippen molar-refractivity contribution in [2.24, 2.45) is 0 Å². The van der Waals surface area contributed by atoms with E-state index in [2.05, 4.69) is 5.32 Å². The summed E-state index contributed by atoms with van der Waals surface area (Å²) in [5.74, 6) is 0.386. The molecule has 0 saturated heterocycles. The maximum Gasteiger partial charge on any atom is 0.243 e. The monoisotopic (exact) mass is 526 g/mol. The van der Waals surface area contributed by atoms with Gasteiger partial charge in [-0.2, -0.15) is 0 Å². The van der Waals surface area contributed by atoms with Crippen LogP contribution in [0.3, 0.4) is 0 Å². The third-order valence-electron chi connectivity index (χ3n) is 5.84. The Balaban J connectivity index is 1.81. The smallest absolute Gasteiger partial charge is 0.243 e. The largest absolute Gasteiger partial charge is 0.494 e. The van der Waals surface area contributed by atoms with E-state index in [1.807, 2.05) is 68.4 Å². The third-order valence-corrected chi connectivity index (χ3v) is 6.55. The number of aryl methyl sites for hydroxylation is 1. The van der Waals surface area contributed by atoms with Crippen LogP contribution in [-0.4, -0.2) is 35.9 Å². The first-order valence-corrected chi connectivity index (χ1v) is 12.9. The number of hydrogen-bond acceptors (Lipinski definition) is 3. The molecule has 3 rings (SSSR count). The Morgan fingerprint density at radius 1 is 0.944 bits per heavy atom. The van der Waals surface area contributed by atoms with Crippen molar-refractivity contribution >= 4 is 35.0 Å². The normalized spacial score (nSPS) is 11.6. The maximum absolute atomic E-state index is 13.6. The van der Waals surface area contributed by atoms with E-state index in [9.17, 15) is 9.59 Å². The molecule has 3 aromatic rings. The van der Waals surface area contributed by atoms with Crippen molar-refractivity contribution in [3.05, 3.63) is 99.5 Å². The number of carbonyl (C=O) groups is 2. The summed E-state index contributed by atoms with van der Waals surface area (Å²) in [6.45, 7) is 4.86. The van der Waals surface area contributed by atoms with Gasteiger partial charge in [0.05, 0.1) is 6.61 Å². The van der Waals surface area contributed by atoms with Crippen LogP contribution >= 0.6 is 23.2 Å².